The molecular weight excluding hydrogens is 432 g/mol. The van der Waals surface area contributed by atoms with Gasteiger partial charge in [-0.05, 0) is 50.7 Å². The third kappa shape index (κ3) is 5.61. The average Bonchev–Trinajstić information content (AvgIpc) is 3.28. The molecule has 2 fully saturated rings. The van der Waals surface area contributed by atoms with E-state index in [1.54, 1.807) is 20.5 Å². The molecule has 1 aliphatic carbocycles. The molecule has 2 aromatic rings. The molecule has 1 saturated carbocycles. The summed E-state index contributed by atoms with van der Waals surface area (Å²) in [5, 5.41) is 3.10. The standard InChI is InChI=1S/C26H38N4O4/c1-33-14-11-21-10-6-7-12-30(21)26(32)22-16-20(28-25(31)19-8-4-3-5-9-19)17-23-24(22)29(18-27-23)13-15-34-2/h16-19,21H,3-15H2,1-2H3,(H,28,31). The van der Waals surface area contributed by atoms with Crippen molar-refractivity contribution in [3.05, 3.63) is 24.0 Å². The molecule has 2 heterocycles. The first-order valence-corrected chi connectivity index (χ1v) is 12.7. The first kappa shape index (κ1) is 24.7. The van der Waals surface area contributed by atoms with Gasteiger partial charge in [-0.2, -0.15) is 0 Å². The van der Waals surface area contributed by atoms with E-state index in [2.05, 4.69) is 10.3 Å². The zero-order valence-corrected chi connectivity index (χ0v) is 20.6. The number of imidazole rings is 1. The van der Waals surface area contributed by atoms with Crippen LogP contribution >= 0.6 is 0 Å². The molecule has 2 amide bonds. The second-order valence-corrected chi connectivity index (χ2v) is 9.58. The lowest BCUT2D eigenvalue weighted by atomic mass is 9.88. The molecule has 186 valence electrons. The van der Waals surface area contributed by atoms with Crippen LogP contribution in [0.4, 0.5) is 5.69 Å². The van der Waals surface area contributed by atoms with Gasteiger partial charge < -0.3 is 24.3 Å². The second kappa shape index (κ2) is 11.8. The van der Waals surface area contributed by atoms with E-state index in [0.29, 0.717) is 36.5 Å². The van der Waals surface area contributed by atoms with Gasteiger partial charge in [0.05, 0.1) is 29.5 Å². The Bertz CT molecular complexity index is 983. The van der Waals surface area contributed by atoms with Gasteiger partial charge in [0.2, 0.25) is 5.91 Å². The summed E-state index contributed by atoms with van der Waals surface area (Å²) in [7, 11) is 3.36. The molecule has 1 N–H and O–H groups in total. The van der Waals surface area contributed by atoms with E-state index < -0.39 is 0 Å². The Labute approximate surface area is 202 Å². The van der Waals surface area contributed by atoms with Crippen LogP contribution in [0.25, 0.3) is 11.0 Å². The largest absolute Gasteiger partial charge is 0.385 e. The average molecular weight is 471 g/mol. The van der Waals surface area contributed by atoms with E-state index in [-0.39, 0.29) is 23.8 Å². The van der Waals surface area contributed by atoms with E-state index >= 15 is 0 Å². The molecule has 0 radical (unpaired) electrons. The Balaban J connectivity index is 1.67. The normalized spacial score (nSPS) is 19.5. The number of ether oxygens (including phenoxy) is 2. The number of likely N-dealkylation sites (tertiary alicyclic amines) is 1. The molecule has 34 heavy (non-hydrogen) atoms. The van der Waals surface area contributed by atoms with Crippen molar-refractivity contribution in [3.63, 3.8) is 0 Å². The lowest BCUT2D eigenvalue weighted by Gasteiger charge is -2.36. The monoisotopic (exact) mass is 470 g/mol. The van der Waals surface area contributed by atoms with Crippen LogP contribution < -0.4 is 5.32 Å². The molecule has 2 aliphatic rings. The second-order valence-electron chi connectivity index (χ2n) is 9.58. The van der Waals surface area contributed by atoms with Crippen LogP contribution in [0.3, 0.4) is 0 Å². The third-order valence-electron chi connectivity index (χ3n) is 7.27. The predicted molar refractivity (Wildman–Crippen MR) is 132 cm³/mol. The highest BCUT2D eigenvalue weighted by atomic mass is 16.5. The summed E-state index contributed by atoms with van der Waals surface area (Å²) >= 11 is 0. The topological polar surface area (TPSA) is 85.7 Å². The van der Waals surface area contributed by atoms with Crippen LogP contribution in [-0.4, -0.2) is 66.3 Å². The fourth-order valence-corrected chi connectivity index (χ4v) is 5.39. The fourth-order valence-electron chi connectivity index (χ4n) is 5.39. The predicted octanol–water partition coefficient (Wildman–Crippen LogP) is 4.23. The first-order valence-electron chi connectivity index (χ1n) is 12.7. The number of nitrogens with zero attached hydrogens (tertiary/aromatic N) is 3. The van der Waals surface area contributed by atoms with Crippen LogP contribution in [0.5, 0.6) is 0 Å². The first-order chi connectivity index (χ1) is 16.6. The minimum Gasteiger partial charge on any atom is -0.385 e. The summed E-state index contributed by atoms with van der Waals surface area (Å²) in [4.78, 5) is 33.5. The Morgan fingerprint density at radius 2 is 1.79 bits per heavy atom. The highest BCUT2D eigenvalue weighted by Crippen LogP contribution is 2.30. The fraction of sp³-hybridized carbons (Fsp3) is 0.654. The quantitative estimate of drug-likeness (QED) is 0.593. The minimum absolute atomic E-state index is 0.00117. The number of fused-ring (bicyclic) bond motifs is 1. The van der Waals surface area contributed by atoms with Crippen LogP contribution in [0, 0.1) is 5.92 Å². The van der Waals surface area contributed by atoms with Gasteiger partial charge in [-0.3, -0.25) is 9.59 Å². The molecule has 1 aliphatic heterocycles. The van der Waals surface area contributed by atoms with Crippen molar-refractivity contribution >= 4 is 28.5 Å². The lowest BCUT2D eigenvalue weighted by molar-refractivity contribution is -0.120. The van der Waals surface area contributed by atoms with E-state index in [0.717, 1.165) is 63.4 Å². The molecule has 4 rings (SSSR count). The van der Waals surface area contributed by atoms with Gasteiger partial charge in [-0.1, -0.05) is 19.3 Å². The number of carbonyl (C=O) groups excluding carboxylic acids is 2. The van der Waals surface area contributed by atoms with Crippen molar-refractivity contribution in [2.24, 2.45) is 5.92 Å². The van der Waals surface area contributed by atoms with Crippen LogP contribution in [0.1, 0.15) is 68.1 Å². The van der Waals surface area contributed by atoms with Gasteiger partial charge in [-0.25, -0.2) is 4.98 Å². The van der Waals surface area contributed by atoms with Gasteiger partial charge in [0, 0.05) is 51.6 Å². The number of aromatic nitrogens is 2. The molecule has 0 spiro atoms. The zero-order chi connectivity index (χ0) is 23.9. The van der Waals surface area contributed by atoms with Gasteiger partial charge in [-0.15, -0.1) is 0 Å². The Hall–Kier alpha value is -2.45. The van der Waals surface area contributed by atoms with E-state index in [4.69, 9.17) is 9.47 Å². The Morgan fingerprint density at radius 3 is 2.56 bits per heavy atom. The molecular formula is C26H38N4O4. The van der Waals surface area contributed by atoms with E-state index in [1.165, 1.54) is 6.42 Å². The SMILES string of the molecule is COCCC1CCCCN1C(=O)c1cc(NC(=O)C2CCCCC2)cc2ncn(CCOC)c12. The van der Waals surface area contributed by atoms with Crippen LogP contribution in [0.2, 0.25) is 0 Å². The van der Waals surface area contributed by atoms with Gasteiger partial charge in [0.1, 0.15) is 0 Å². The maximum absolute atomic E-state index is 14.0. The van der Waals surface area contributed by atoms with Crippen molar-refractivity contribution in [2.45, 2.75) is 70.4 Å². The number of nitrogens with one attached hydrogen (secondary N) is 1. The van der Waals surface area contributed by atoms with Gasteiger partial charge in [0.25, 0.3) is 5.91 Å². The maximum atomic E-state index is 14.0. The number of hydrogen-bond donors (Lipinski definition) is 1. The molecule has 1 aromatic carbocycles. The van der Waals surface area contributed by atoms with Crippen molar-refractivity contribution in [2.75, 3.05) is 39.3 Å². The highest BCUT2D eigenvalue weighted by Gasteiger charge is 2.30. The van der Waals surface area contributed by atoms with Gasteiger partial charge >= 0.3 is 0 Å². The van der Waals surface area contributed by atoms with Crippen LogP contribution in [0.15, 0.2) is 18.5 Å². The molecule has 1 atom stereocenters. The number of methoxy groups -OCH3 is 2. The number of piperidine rings is 1. The molecule has 1 unspecified atom stereocenters. The number of rotatable bonds is 9. The number of anilines is 1. The maximum Gasteiger partial charge on any atom is 0.256 e. The Morgan fingerprint density at radius 1 is 1.03 bits per heavy atom. The zero-order valence-electron chi connectivity index (χ0n) is 20.6. The molecule has 0 bridgehead atoms. The van der Waals surface area contributed by atoms with Crippen molar-refractivity contribution in [1.29, 1.82) is 0 Å². The summed E-state index contributed by atoms with van der Waals surface area (Å²) in [5.74, 6) is 0.0920. The third-order valence-corrected chi connectivity index (χ3v) is 7.27. The summed E-state index contributed by atoms with van der Waals surface area (Å²) in [6.07, 6.45) is 11.0. The lowest BCUT2D eigenvalue weighted by Crippen LogP contribution is -2.44. The molecule has 8 nitrogen and oxygen atoms in total. The highest BCUT2D eigenvalue weighted by molar-refractivity contribution is 6.08. The number of hydrogen-bond acceptors (Lipinski definition) is 5. The summed E-state index contributed by atoms with van der Waals surface area (Å²) in [5.41, 5.74) is 2.75. The number of amides is 2. The summed E-state index contributed by atoms with van der Waals surface area (Å²) < 4.78 is 12.6. The molecule has 1 saturated heterocycles. The summed E-state index contributed by atoms with van der Waals surface area (Å²) in [6.45, 7) is 2.50. The minimum atomic E-state index is -0.00117. The molecule has 1 aromatic heterocycles. The van der Waals surface area contributed by atoms with Gasteiger partial charge in [0.15, 0.2) is 0 Å². The number of benzene rings is 1. The Kier molecular flexibility index (Phi) is 8.56. The van der Waals surface area contributed by atoms with E-state index in [1.807, 2.05) is 21.6 Å². The van der Waals surface area contributed by atoms with E-state index in [9.17, 15) is 9.59 Å². The smallest absolute Gasteiger partial charge is 0.256 e. The van der Waals surface area contributed by atoms with Crippen LogP contribution in [-0.2, 0) is 20.8 Å². The van der Waals surface area contributed by atoms with Crippen molar-refractivity contribution in [3.8, 4) is 0 Å². The van der Waals surface area contributed by atoms with Crippen molar-refractivity contribution < 1.29 is 19.1 Å². The number of carbonyl (C=O) groups is 2. The summed E-state index contributed by atoms with van der Waals surface area (Å²) in [6, 6.07) is 3.89. The molecule has 8 heteroatoms. The van der Waals surface area contributed by atoms with Crippen molar-refractivity contribution in [1.82, 2.24) is 14.5 Å².